The van der Waals surface area contributed by atoms with Gasteiger partial charge in [-0.25, -0.2) is 0 Å². The Labute approximate surface area is 121 Å². The molecule has 0 heterocycles. The summed E-state index contributed by atoms with van der Waals surface area (Å²) in [4.78, 5) is 13.5. The Morgan fingerprint density at radius 1 is 1.28 bits per heavy atom. The average Bonchev–Trinajstić information content (AvgIpc) is 2.26. The quantitative estimate of drug-likeness (QED) is 0.822. The highest BCUT2D eigenvalue weighted by Gasteiger charge is 2.10. The fraction of sp³-hybridized carbons (Fsp3) is 0.364. The van der Waals surface area contributed by atoms with Gasteiger partial charge in [0.1, 0.15) is 0 Å². The van der Waals surface area contributed by atoms with Gasteiger partial charge in [0.25, 0.3) is 0 Å². The zero-order chi connectivity index (χ0) is 13.7. The zero-order valence-corrected chi connectivity index (χ0v) is 12.1. The Balaban J connectivity index is 2.67. The molecule has 1 rings (SSSR count). The smallest absolute Gasteiger partial charge is 0.238 e. The molecule has 0 saturated carbocycles. The van der Waals surface area contributed by atoms with E-state index in [0.29, 0.717) is 33.8 Å². The Kier molecular flexibility index (Phi) is 6.18. The van der Waals surface area contributed by atoms with Gasteiger partial charge in [0.15, 0.2) is 0 Å². The van der Waals surface area contributed by atoms with Crippen LogP contribution in [0.1, 0.15) is 0 Å². The highest BCUT2D eigenvalue weighted by atomic mass is 35.5. The van der Waals surface area contributed by atoms with Crippen molar-refractivity contribution < 1.29 is 4.79 Å². The van der Waals surface area contributed by atoms with Crippen molar-refractivity contribution in [3.8, 4) is 0 Å². The van der Waals surface area contributed by atoms with Gasteiger partial charge < -0.3 is 11.1 Å². The van der Waals surface area contributed by atoms with Crippen molar-refractivity contribution in [1.82, 2.24) is 4.90 Å². The van der Waals surface area contributed by atoms with Crippen molar-refractivity contribution in [3.05, 3.63) is 27.2 Å². The van der Waals surface area contributed by atoms with E-state index < -0.39 is 0 Å². The summed E-state index contributed by atoms with van der Waals surface area (Å²) in [6, 6.07) is 3.01. The van der Waals surface area contributed by atoms with E-state index in [2.05, 4.69) is 5.32 Å². The lowest BCUT2D eigenvalue weighted by Crippen LogP contribution is -2.33. The zero-order valence-electron chi connectivity index (χ0n) is 9.84. The molecule has 0 spiro atoms. The van der Waals surface area contributed by atoms with Gasteiger partial charge in [-0.2, -0.15) is 0 Å². The van der Waals surface area contributed by atoms with E-state index in [1.807, 2.05) is 7.05 Å². The van der Waals surface area contributed by atoms with Crippen molar-refractivity contribution >= 4 is 46.4 Å². The summed E-state index contributed by atoms with van der Waals surface area (Å²) >= 11 is 17.6. The molecule has 0 aliphatic heterocycles. The lowest BCUT2D eigenvalue weighted by Gasteiger charge is -2.15. The highest BCUT2D eigenvalue weighted by Crippen LogP contribution is 2.32. The first-order valence-electron chi connectivity index (χ1n) is 5.27. The average molecular weight is 311 g/mol. The second-order valence-electron chi connectivity index (χ2n) is 3.82. The van der Waals surface area contributed by atoms with Gasteiger partial charge in [0, 0.05) is 13.1 Å². The van der Waals surface area contributed by atoms with Crippen LogP contribution in [0, 0.1) is 0 Å². The maximum atomic E-state index is 11.7. The van der Waals surface area contributed by atoms with Crippen LogP contribution in [0.25, 0.3) is 0 Å². The molecule has 0 unspecified atom stereocenters. The summed E-state index contributed by atoms with van der Waals surface area (Å²) in [5.41, 5.74) is 5.83. The first-order valence-corrected chi connectivity index (χ1v) is 6.40. The number of hydrogen-bond acceptors (Lipinski definition) is 3. The predicted octanol–water partition coefficient (Wildman–Crippen LogP) is 2.48. The number of rotatable bonds is 5. The molecule has 0 atom stereocenters. The second kappa shape index (κ2) is 7.16. The predicted molar refractivity (Wildman–Crippen MR) is 76.7 cm³/mol. The van der Waals surface area contributed by atoms with E-state index in [-0.39, 0.29) is 12.5 Å². The normalized spacial score (nSPS) is 10.8. The van der Waals surface area contributed by atoms with Crippen LogP contribution in [0.2, 0.25) is 15.1 Å². The summed E-state index contributed by atoms with van der Waals surface area (Å²) in [5.74, 6) is -0.189. The summed E-state index contributed by atoms with van der Waals surface area (Å²) in [7, 11) is 1.81. The molecule has 1 aromatic rings. The van der Waals surface area contributed by atoms with Crippen molar-refractivity contribution in [2.24, 2.45) is 5.73 Å². The van der Waals surface area contributed by atoms with Gasteiger partial charge in [-0.05, 0) is 19.2 Å². The van der Waals surface area contributed by atoms with Crippen molar-refractivity contribution in [2.45, 2.75) is 0 Å². The molecule has 0 fully saturated rings. The maximum Gasteiger partial charge on any atom is 0.238 e. The van der Waals surface area contributed by atoms with E-state index in [4.69, 9.17) is 40.5 Å². The van der Waals surface area contributed by atoms with Crippen molar-refractivity contribution in [3.63, 3.8) is 0 Å². The first-order chi connectivity index (χ1) is 8.43. The third-order valence-corrected chi connectivity index (χ3v) is 3.24. The molecule has 0 radical (unpaired) electrons. The topological polar surface area (TPSA) is 58.4 Å². The summed E-state index contributed by atoms with van der Waals surface area (Å²) in [6.45, 7) is 1.37. The number of halogens is 3. The van der Waals surface area contributed by atoms with E-state index in [0.717, 1.165) is 0 Å². The third-order valence-electron chi connectivity index (χ3n) is 2.21. The molecule has 0 aliphatic rings. The van der Waals surface area contributed by atoms with E-state index in [1.165, 1.54) is 12.1 Å². The standard InChI is InChI=1S/C11H14Cl3N3O/c1-17(3-2-15)6-11(18)16-10-5-8(13)7(12)4-9(10)14/h4-5H,2-3,6,15H2,1H3,(H,16,18). The van der Waals surface area contributed by atoms with Gasteiger partial charge in [0.2, 0.25) is 5.91 Å². The number of nitrogens with zero attached hydrogens (tertiary/aromatic N) is 1. The fourth-order valence-electron chi connectivity index (χ4n) is 1.35. The Hall–Kier alpha value is -0.520. The fourth-order valence-corrected chi connectivity index (χ4v) is 1.95. The molecule has 4 nitrogen and oxygen atoms in total. The molecular weight excluding hydrogens is 296 g/mol. The molecule has 0 bridgehead atoms. The lowest BCUT2D eigenvalue weighted by molar-refractivity contribution is -0.117. The molecule has 0 saturated heterocycles. The van der Waals surface area contributed by atoms with E-state index in [9.17, 15) is 4.79 Å². The van der Waals surface area contributed by atoms with Crippen LogP contribution < -0.4 is 11.1 Å². The molecule has 100 valence electrons. The molecule has 1 aromatic carbocycles. The van der Waals surface area contributed by atoms with Crippen molar-refractivity contribution in [1.29, 1.82) is 0 Å². The van der Waals surface area contributed by atoms with Gasteiger partial charge in [-0.15, -0.1) is 0 Å². The number of hydrogen-bond donors (Lipinski definition) is 2. The molecule has 0 aliphatic carbocycles. The SMILES string of the molecule is CN(CCN)CC(=O)Nc1cc(Cl)c(Cl)cc1Cl. The lowest BCUT2D eigenvalue weighted by atomic mass is 10.3. The molecule has 0 aromatic heterocycles. The number of likely N-dealkylation sites (N-methyl/N-ethyl adjacent to an activating group) is 1. The van der Waals surface area contributed by atoms with Gasteiger partial charge >= 0.3 is 0 Å². The molecular formula is C11H14Cl3N3O. The number of carbonyl (C=O) groups excluding carboxylic acids is 1. The number of amides is 1. The minimum Gasteiger partial charge on any atom is -0.329 e. The van der Waals surface area contributed by atoms with Crippen molar-refractivity contribution in [2.75, 3.05) is 32.0 Å². The van der Waals surface area contributed by atoms with Crippen LogP contribution in [0.3, 0.4) is 0 Å². The summed E-state index contributed by atoms with van der Waals surface area (Å²) in [6.07, 6.45) is 0. The Morgan fingerprint density at radius 3 is 2.50 bits per heavy atom. The minimum atomic E-state index is -0.189. The second-order valence-corrected chi connectivity index (χ2v) is 5.04. The number of nitrogens with one attached hydrogen (secondary N) is 1. The van der Waals surface area contributed by atoms with Gasteiger partial charge in [-0.1, -0.05) is 34.8 Å². The van der Waals surface area contributed by atoms with Gasteiger partial charge in [-0.3, -0.25) is 9.69 Å². The van der Waals surface area contributed by atoms with Crippen LogP contribution in [0.15, 0.2) is 12.1 Å². The molecule has 1 amide bonds. The number of benzene rings is 1. The van der Waals surface area contributed by atoms with Crippen LogP contribution in [0.4, 0.5) is 5.69 Å². The molecule has 3 N–H and O–H groups in total. The summed E-state index contributed by atoms with van der Waals surface area (Å²) < 4.78 is 0. The minimum absolute atomic E-state index is 0.189. The monoisotopic (exact) mass is 309 g/mol. The Morgan fingerprint density at radius 2 is 1.89 bits per heavy atom. The van der Waals surface area contributed by atoms with Gasteiger partial charge in [0.05, 0.1) is 27.3 Å². The highest BCUT2D eigenvalue weighted by molar-refractivity contribution is 6.44. The Bertz CT molecular complexity index is 440. The molecule has 18 heavy (non-hydrogen) atoms. The third kappa shape index (κ3) is 4.63. The summed E-state index contributed by atoms with van der Waals surface area (Å²) in [5, 5.41) is 3.70. The molecule has 7 heteroatoms. The van der Waals surface area contributed by atoms with E-state index >= 15 is 0 Å². The maximum absolute atomic E-state index is 11.7. The van der Waals surface area contributed by atoms with Crippen LogP contribution in [-0.4, -0.2) is 37.5 Å². The van der Waals surface area contributed by atoms with Crippen LogP contribution in [0.5, 0.6) is 0 Å². The first kappa shape index (κ1) is 15.5. The number of anilines is 1. The number of nitrogens with two attached hydrogens (primary N) is 1. The number of carbonyl (C=O) groups is 1. The van der Waals surface area contributed by atoms with E-state index in [1.54, 1.807) is 4.90 Å². The largest absolute Gasteiger partial charge is 0.329 e. The van der Waals surface area contributed by atoms with Crippen LogP contribution in [-0.2, 0) is 4.79 Å². The van der Waals surface area contributed by atoms with Crippen LogP contribution >= 0.6 is 34.8 Å².